The first-order valence-corrected chi connectivity index (χ1v) is 12.9. The normalized spacial score (nSPS) is 22.9. The molecule has 1 amide bonds. The molecule has 0 bridgehead atoms. The fourth-order valence-electron chi connectivity index (χ4n) is 5.44. The second kappa shape index (κ2) is 11.0. The minimum atomic E-state index is -1.05. The van der Waals surface area contributed by atoms with Crippen molar-refractivity contribution in [1.82, 2.24) is 9.88 Å². The van der Waals surface area contributed by atoms with Crippen molar-refractivity contribution in [3.63, 3.8) is 0 Å². The summed E-state index contributed by atoms with van der Waals surface area (Å²) < 4.78 is 0. The zero-order valence-electron chi connectivity index (χ0n) is 20.4. The smallest absolute Gasteiger partial charge is 0.304 e. The number of carbonyl (C=O) groups excluding carboxylic acids is 1. The van der Waals surface area contributed by atoms with E-state index in [1.54, 1.807) is 13.1 Å². The Labute approximate surface area is 222 Å². The van der Waals surface area contributed by atoms with E-state index >= 15 is 0 Å². The zero-order valence-corrected chi connectivity index (χ0v) is 21.9. The standard InChI is InChI=1S/C29H30Cl2N2O3/c1-19(14-24-8-3-4-13-32-24)18-33-27(20-9-11-22(30)12-10-20)25(21-6-5-7-23(31)15-21)16-29(2,28(33)36)17-26(34)35/h3-13,15,19,25,27H,14,16-18H2,1-2H3,(H,34,35). The van der Waals surface area contributed by atoms with E-state index in [-0.39, 0.29) is 30.2 Å². The fraction of sp³-hybridized carbons (Fsp3) is 0.345. The molecule has 2 heterocycles. The van der Waals surface area contributed by atoms with Crippen LogP contribution in [0.15, 0.2) is 72.9 Å². The van der Waals surface area contributed by atoms with Crippen LogP contribution in [0.4, 0.5) is 0 Å². The predicted molar refractivity (Wildman–Crippen MR) is 142 cm³/mol. The van der Waals surface area contributed by atoms with E-state index in [0.29, 0.717) is 29.4 Å². The molecule has 1 N–H and O–H groups in total. The number of piperidine rings is 1. The van der Waals surface area contributed by atoms with Gasteiger partial charge >= 0.3 is 5.97 Å². The lowest BCUT2D eigenvalue weighted by atomic mass is 9.67. The van der Waals surface area contributed by atoms with Gasteiger partial charge in [-0.3, -0.25) is 14.6 Å². The van der Waals surface area contributed by atoms with Crippen LogP contribution in [0.25, 0.3) is 0 Å². The number of carboxylic acid groups (broad SMARTS) is 1. The summed E-state index contributed by atoms with van der Waals surface area (Å²) in [6.07, 6.45) is 2.64. The number of aliphatic carboxylic acids is 1. The van der Waals surface area contributed by atoms with Crippen LogP contribution in [0.3, 0.4) is 0 Å². The summed E-state index contributed by atoms with van der Waals surface area (Å²) in [6, 6.07) is 20.7. The van der Waals surface area contributed by atoms with Gasteiger partial charge in [0.25, 0.3) is 0 Å². The van der Waals surface area contributed by atoms with Crippen molar-refractivity contribution in [1.29, 1.82) is 0 Å². The second-order valence-corrected chi connectivity index (χ2v) is 11.0. The van der Waals surface area contributed by atoms with Gasteiger partial charge < -0.3 is 10.0 Å². The van der Waals surface area contributed by atoms with E-state index in [1.807, 2.05) is 71.6 Å². The van der Waals surface area contributed by atoms with Gasteiger partial charge in [-0.25, -0.2) is 0 Å². The molecule has 0 spiro atoms. The molecular weight excluding hydrogens is 495 g/mol. The average molecular weight is 525 g/mol. The number of pyridine rings is 1. The molecule has 1 aliphatic heterocycles. The molecule has 1 aromatic heterocycles. The average Bonchev–Trinajstić information content (AvgIpc) is 2.83. The Hall–Kier alpha value is -2.89. The molecule has 3 aromatic rings. The third-order valence-corrected chi connectivity index (χ3v) is 7.47. The molecule has 0 aliphatic carbocycles. The Bertz CT molecular complexity index is 1220. The molecule has 1 saturated heterocycles. The number of amides is 1. The van der Waals surface area contributed by atoms with Crippen LogP contribution in [0.2, 0.25) is 10.0 Å². The highest BCUT2D eigenvalue weighted by Crippen LogP contribution is 2.51. The van der Waals surface area contributed by atoms with E-state index in [1.165, 1.54) is 0 Å². The lowest BCUT2D eigenvalue weighted by Crippen LogP contribution is -2.53. The summed E-state index contributed by atoms with van der Waals surface area (Å²) in [5, 5.41) is 10.9. The molecule has 7 heteroatoms. The number of halogens is 2. The van der Waals surface area contributed by atoms with Gasteiger partial charge in [0.15, 0.2) is 0 Å². The summed E-state index contributed by atoms with van der Waals surface area (Å²) in [4.78, 5) is 32.3. The zero-order chi connectivity index (χ0) is 25.9. The molecule has 0 radical (unpaired) electrons. The topological polar surface area (TPSA) is 70.5 Å². The molecule has 36 heavy (non-hydrogen) atoms. The number of rotatable bonds is 8. The molecule has 1 fully saturated rings. The summed E-state index contributed by atoms with van der Waals surface area (Å²) in [6.45, 7) is 4.34. The van der Waals surface area contributed by atoms with Gasteiger partial charge in [0, 0.05) is 34.4 Å². The molecule has 1 aliphatic rings. The minimum absolute atomic E-state index is 0.103. The van der Waals surface area contributed by atoms with E-state index < -0.39 is 11.4 Å². The first-order valence-electron chi connectivity index (χ1n) is 12.1. The van der Waals surface area contributed by atoms with Gasteiger partial charge in [-0.05, 0) is 66.3 Å². The summed E-state index contributed by atoms with van der Waals surface area (Å²) in [7, 11) is 0. The first-order chi connectivity index (χ1) is 17.2. The molecule has 4 unspecified atom stereocenters. The van der Waals surface area contributed by atoms with Crippen LogP contribution in [0.1, 0.15) is 55.5 Å². The highest BCUT2D eigenvalue weighted by atomic mass is 35.5. The third kappa shape index (κ3) is 5.91. The Kier molecular flexibility index (Phi) is 8.01. The lowest BCUT2D eigenvalue weighted by Gasteiger charge is -2.49. The number of carbonyl (C=O) groups is 2. The van der Waals surface area contributed by atoms with Gasteiger partial charge in [0.1, 0.15) is 0 Å². The minimum Gasteiger partial charge on any atom is -0.481 e. The Morgan fingerprint density at radius 2 is 1.83 bits per heavy atom. The van der Waals surface area contributed by atoms with Crippen LogP contribution < -0.4 is 0 Å². The number of hydrogen-bond donors (Lipinski definition) is 1. The van der Waals surface area contributed by atoms with Crippen molar-refractivity contribution >= 4 is 35.1 Å². The number of benzene rings is 2. The number of aromatic nitrogens is 1. The highest BCUT2D eigenvalue weighted by molar-refractivity contribution is 6.30. The molecule has 2 aromatic carbocycles. The van der Waals surface area contributed by atoms with Gasteiger partial charge in [0.05, 0.1) is 17.9 Å². The van der Waals surface area contributed by atoms with Crippen molar-refractivity contribution in [3.05, 3.63) is 99.8 Å². The third-order valence-electron chi connectivity index (χ3n) is 6.99. The number of likely N-dealkylation sites (tertiary alicyclic amines) is 1. The molecule has 4 atom stereocenters. The Morgan fingerprint density at radius 1 is 1.08 bits per heavy atom. The van der Waals surface area contributed by atoms with Crippen LogP contribution in [0.5, 0.6) is 0 Å². The monoisotopic (exact) mass is 524 g/mol. The largest absolute Gasteiger partial charge is 0.481 e. The van der Waals surface area contributed by atoms with Gasteiger partial charge in [-0.2, -0.15) is 0 Å². The Morgan fingerprint density at radius 3 is 2.47 bits per heavy atom. The van der Waals surface area contributed by atoms with Crippen molar-refractivity contribution in [3.8, 4) is 0 Å². The van der Waals surface area contributed by atoms with Crippen LogP contribution >= 0.6 is 23.2 Å². The van der Waals surface area contributed by atoms with Crippen molar-refractivity contribution < 1.29 is 14.7 Å². The molecule has 4 rings (SSSR count). The number of hydrogen-bond acceptors (Lipinski definition) is 3. The maximum absolute atomic E-state index is 14.1. The van der Waals surface area contributed by atoms with Gasteiger partial charge in [-0.15, -0.1) is 0 Å². The summed E-state index contributed by atoms with van der Waals surface area (Å²) in [5.41, 5.74) is 1.85. The van der Waals surface area contributed by atoms with Crippen molar-refractivity contribution in [2.75, 3.05) is 6.54 Å². The first kappa shape index (κ1) is 26.2. The number of carboxylic acids is 1. The summed E-state index contributed by atoms with van der Waals surface area (Å²) in [5.74, 6) is -1.17. The molecule has 188 valence electrons. The molecular formula is C29H30Cl2N2O3. The van der Waals surface area contributed by atoms with E-state index in [2.05, 4.69) is 11.9 Å². The van der Waals surface area contributed by atoms with Crippen molar-refractivity contribution in [2.45, 2.75) is 45.1 Å². The van der Waals surface area contributed by atoms with E-state index in [4.69, 9.17) is 23.2 Å². The van der Waals surface area contributed by atoms with E-state index in [0.717, 1.165) is 16.8 Å². The van der Waals surface area contributed by atoms with Gasteiger partial charge in [-0.1, -0.05) is 67.4 Å². The lowest BCUT2D eigenvalue weighted by molar-refractivity contribution is -0.158. The second-order valence-electron chi connectivity index (χ2n) is 10.1. The Balaban J connectivity index is 1.79. The van der Waals surface area contributed by atoms with Crippen LogP contribution in [-0.4, -0.2) is 33.4 Å². The van der Waals surface area contributed by atoms with Crippen molar-refractivity contribution in [2.24, 2.45) is 11.3 Å². The molecule has 5 nitrogen and oxygen atoms in total. The van der Waals surface area contributed by atoms with E-state index in [9.17, 15) is 14.7 Å². The maximum atomic E-state index is 14.1. The quantitative estimate of drug-likeness (QED) is 0.351. The van der Waals surface area contributed by atoms with Crippen LogP contribution in [0, 0.1) is 11.3 Å². The summed E-state index contributed by atoms with van der Waals surface area (Å²) >= 11 is 12.6. The predicted octanol–water partition coefficient (Wildman–Crippen LogP) is 6.81. The number of nitrogens with zero attached hydrogens (tertiary/aromatic N) is 2. The maximum Gasteiger partial charge on any atom is 0.304 e. The molecule has 0 saturated carbocycles. The van der Waals surface area contributed by atoms with Crippen LogP contribution in [-0.2, 0) is 16.0 Å². The SMILES string of the molecule is CC(Cc1ccccn1)CN1C(=O)C(C)(CC(=O)O)CC(c2cccc(Cl)c2)C1c1ccc(Cl)cc1. The fourth-order valence-corrected chi connectivity index (χ4v) is 5.76. The highest BCUT2D eigenvalue weighted by Gasteiger charge is 2.50. The van der Waals surface area contributed by atoms with Gasteiger partial charge in [0.2, 0.25) is 5.91 Å².